The maximum absolute atomic E-state index is 6.13. The molecule has 1 aromatic rings. The highest BCUT2D eigenvalue weighted by Crippen LogP contribution is 2.43. The molecule has 0 amide bonds. The Bertz CT molecular complexity index is 431. The van der Waals surface area contributed by atoms with E-state index in [0.717, 1.165) is 31.6 Å². The van der Waals surface area contributed by atoms with E-state index in [-0.39, 0.29) is 5.60 Å². The van der Waals surface area contributed by atoms with E-state index >= 15 is 0 Å². The molecule has 4 nitrogen and oxygen atoms in total. The van der Waals surface area contributed by atoms with E-state index in [1.807, 2.05) is 12.3 Å². The molecular weight excluding hydrogens is 262 g/mol. The van der Waals surface area contributed by atoms with E-state index in [2.05, 4.69) is 22.5 Å². The molecule has 1 aliphatic carbocycles. The number of nitrogens with zero attached hydrogens (tertiary/aromatic N) is 1. The number of ether oxygens (including phenoxy) is 1. The summed E-state index contributed by atoms with van der Waals surface area (Å²) in [5, 5.41) is 0. The molecule has 3 rings (SSSR count). The Labute approximate surface area is 127 Å². The maximum Gasteiger partial charge on any atom is 0.0685 e. The van der Waals surface area contributed by atoms with Gasteiger partial charge in [-0.25, -0.2) is 0 Å². The van der Waals surface area contributed by atoms with Crippen molar-refractivity contribution in [1.82, 2.24) is 10.4 Å². The maximum atomic E-state index is 6.13. The van der Waals surface area contributed by atoms with Crippen LogP contribution in [-0.2, 0) is 11.2 Å². The second-order valence-electron chi connectivity index (χ2n) is 6.62. The third-order valence-electron chi connectivity index (χ3n) is 5.27. The average Bonchev–Trinajstić information content (AvgIpc) is 2.97. The Morgan fingerprint density at radius 3 is 2.95 bits per heavy atom. The van der Waals surface area contributed by atoms with Gasteiger partial charge in [0.05, 0.1) is 5.60 Å². The van der Waals surface area contributed by atoms with Crippen LogP contribution in [0.2, 0.25) is 0 Å². The van der Waals surface area contributed by atoms with Crippen LogP contribution in [0.25, 0.3) is 0 Å². The number of hydrazine groups is 1. The molecule has 1 aromatic heterocycles. The van der Waals surface area contributed by atoms with E-state index in [1.54, 1.807) is 0 Å². The zero-order valence-electron chi connectivity index (χ0n) is 12.8. The summed E-state index contributed by atoms with van der Waals surface area (Å²) in [6.07, 6.45) is 11.3. The first-order valence-electron chi connectivity index (χ1n) is 8.31. The molecule has 0 aromatic carbocycles. The molecule has 116 valence electrons. The number of rotatable bonds is 5. The molecule has 2 aliphatic rings. The Hall–Kier alpha value is -0.970. The predicted octanol–water partition coefficient (Wildman–Crippen LogP) is 2.59. The molecule has 0 bridgehead atoms. The quantitative estimate of drug-likeness (QED) is 0.646. The molecule has 2 unspecified atom stereocenters. The minimum atomic E-state index is 0.170. The SMILES string of the molecule is NNC(CCc1ccccn1)C1CCOC2(CCCC2)C1. The monoisotopic (exact) mass is 289 g/mol. The van der Waals surface area contributed by atoms with Gasteiger partial charge >= 0.3 is 0 Å². The number of aromatic nitrogens is 1. The first-order valence-corrected chi connectivity index (χ1v) is 8.31. The van der Waals surface area contributed by atoms with Crippen molar-refractivity contribution in [2.45, 2.75) is 63.0 Å². The first kappa shape index (κ1) is 14.9. The largest absolute Gasteiger partial charge is 0.375 e. The van der Waals surface area contributed by atoms with Crippen LogP contribution < -0.4 is 11.3 Å². The normalized spacial score (nSPS) is 26.0. The molecule has 2 heterocycles. The highest BCUT2D eigenvalue weighted by Gasteiger charge is 2.41. The van der Waals surface area contributed by atoms with E-state index in [1.165, 1.54) is 32.1 Å². The van der Waals surface area contributed by atoms with Crippen molar-refractivity contribution in [3.63, 3.8) is 0 Å². The van der Waals surface area contributed by atoms with Crippen LogP contribution in [0.15, 0.2) is 24.4 Å². The summed E-state index contributed by atoms with van der Waals surface area (Å²) in [6, 6.07) is 6.48. The van der Waals surface area contributed by atoms with E-state index in [0.29, 0.717) is 12.0 Å². The Kier molecular flexibility index (Phi) is 4.88. The van der Waals surface area contributed by atoms with Gasteiger partial charge in [-0.15, -0.1) is 0 Å². The van der Waals surface area contributed by atoms with Gasteiger partial charge in [-0.3, -0.25) is 16.3 Å². The summed E-state index contributed by atoms with van der Waals surface area (Å²) < 4.78 is 6.13. The van der Waals surface area contributed by atoms with Crippen LogP contribution in [0.1, 0.15) is 50.6 Å². The summed E-state index contributed by atoms with van der Waals surface area (Å²) in [6.45, 7) is 0.895. The number of aryl methyl sites for hydroxylation is 1. The van der Waals surface area contributed by atoms with Crippen LogP contribution >= 0.6 is 0 Å². The van der Waals surface area contributed by atoms with Gasteiger partial charge < -0.3 is 4.74 Å². The molecule has 1 saturated heterocycles. The second kappa shape index (κ2) is 6.86. The summed E-state index contributed by atoms with van der Waals surface area (Å²) in [5.41, 5.74) is 4.39. The van der Waals surface area contributed by atoms with Gasteiger partial charge in [0.15, 0.2) is 0 Å². The van der Waals surface area contributed by atoms with E-state index in [4.69, 9.17) is 10.6 Å². The van der Waals surface area contributed by atoms with Crippen molar-refractivity contribution in [3.05, 3.63) is 30.1 Å². The van der Waals surface area contributed by atoms with Crippen LogP contribution in [-0.4, -0.2) is 23.2 Å². The van der Waals surface area contributed by atoms with Crippen molar-refractivity contribution in [3.8, 4) is 0 Å². The third kappa shape index (κ3) is 3.62. The molecule has 1 saturated carbocycles. The van der Waals surface area contributed by atoms with Crippen LogP contribution in [0.3, 0.4) is 0 Å². The Morgan fingerprint density at radius 2 is 2.24 bits per heavy atom. The third-order valence-corrected chi connectivity index (χ3v) is 5.27. The molecule has 4 heteroatoms. The lowest BCUT2D eigenvalue weighted by molar-refractivity contribution is -0.0982. The van der Waals surface area contributed by atoms with Crippen LogP contribution in [0.4, 0.5) is 0 Å². The van der Waals surface area contributed by atoms with E-state index in [9.17, 15) is 0 Å². The highest BCUT2D eigenvalue weighted by molar-refractivity contribution is 5.04. The summed E-state index contributed by atoms with van der Waals surface area (Å²) in [4.78, 5) is 4.41. The van der Waals surface area contributed by atoms with Crippen LogP contribution in [0, 0.1) is 5.92 Å². The fourth-order valence-electron chi connectivity index (χ4n) is 4.08. The van der Waals surface area contributed by atoms with Gasteiger partial charge in [-0.2, -0.15) is 0 Å². The minimum absolute atomic E-state index is 0.170. The smallest absolute Gasteiger partial charge is 0.0685 e. The standard InChI is InChI=1S/C17H27N3O/c18-20-16(7-6-15-5-1-4-11-19-15)14-8-12-21-17(13-14)9-2-3-10-17/h1,4-5,11,14,16,20H,2-3,6-10,12-13,18H2. The fourth-order valence-corrected chi connectivity index (χ4v) is 4.08. The number of hydrogen-bond acceptors (Lipinski definition) is 4. The number of pyridine rings is 1. The molecule has 3 N–H and O–H groups in total. The highest BCUT2D eigenvalue weighted by atomic mass is 16.5. The summed E-state index contributed by atoms with van der Waals surface area (Å²) in [7, 11) is 0. The molecule has 2 atom stereocenters. The topological polar surface area (TPSA) is 60.2 Å². The van der Waals surface area contributed by atoms with Crippen molar-refractivity contribution >= 4 is 0 Å². The molecule has 1 spiro atoms. The average molecular weight is 289 g/mol. The van der Waals surface area contributed by atoms with Gasteiger partial charge in [0.25, 0.3) is 0 Å². The molecule has 21 heavy (non-hydrogen) atoms. The fraction of sp³-hybridized carbons (Fsp3) is 0.706. The minimum Gasteiger partial charge on any atom is -0.375 e. The molecule has 0 radical (unpaired) electrons. The number of nitrogens with two attached hydrogens (primary N) is 1. The lowest BCUT2D eigenvalue weighted by Gasteiger charge is -2.41. The summed E-state index contributed by atoms with van der Waals surface area (Å²) in [5.74, 6) is 6.47. The van der Waals surface area contributed by atoms with E-state index < -0.39 is 0 Å². The zero-order valence-corrected chi connectivity index (χ0v) is 12.8. The molecule has 2 fully saturated rings. The summed E-state index contributed by atoms with van der Waals surface area (Å²) >= 11 is 0. The van der Waals surface area contributed by atoms with Gasteiger partial charge in [0.2, 0.25) is 0 Å². The van der Waals surface area contributed by atoms with Crippen LogP contribution in [0.5, 0.6) is 0 Å². The Morgan fingerprint density at radius 1 is 1.38 bits per heavy atom. The van der Waals surface area contributed by atoms with Gasteiger partial charge in [0.1, 0.15) is 0 Å². The van der Waals surface area contributed by atoms with Gasteiger partial charge in [-0.1, -0.05) is 18.9 Å². The zero-order chi connectivity index (χ0) is 14.5. The Balaban J connectivity index is 1.57. The lowest BCUT2D eigenvalue weighted by atomic mass is 9.79. The van der Waals surface area contributed by atoms with Crippen molar-refractivity contribution in [2.75, 3.05) is 6.61 Å². The predicted molar refractivity (Wildman–Crippen MR) is 83.5 cm³/mol. The second-order valence-corrected chi connectivity index (χ2v) is 6.62. The first-order chi connectivity index (χ1) is 10.3. The van der Waals surface area contributed by atoms with Crippen molar-refractivity contribution < 1.29 is 4.74 Å². The molecule has 1 aliphatic heterocycles. The van der Waals surface area contributed by atoms with Gasteiger partial charge in [-0.05, 0) is 56.6 Å². The van der Waals surface area contributed by atoms with Gasteiger partial charge in [0, 0.05) is 24.5 Å². The molecular formula is C17H27N3O. The number of hydrogen-bond donors (Lipinski definition) is 2. The lowest BCUT2D eigenvalue weighted by Crippen LogP contribution is -2.48. The number of nitrogens with one attached hydrogen (secondary N) is 1. The van der Waals surface area contributed by atoms with Crippen molar-refractivity contribution in [2.24, 2.45) is 11.8 Å². The van der Waals surface area contributed by atoms with Crippen molar-refractivity contribution in [1.29, 1.82) is 0 Å².